The van der Waals surface area contributed by atoms with Crippen LogP contribution in [0.5, 0.6) is 0 Å². The van der Waals surface area contributed by atoms with Gasteiger partial charge in [0.2, 0.25) is 0 Å². The average molecular weight is 294 g/mol. The number of rotatable bonds is 3. The van der Waals surface area contributed by atoms with Gasteiger partial charge in [-0.3, -0.25) is 4.90 Å². The number of carbonyl (C=O) groups excluding carboxylic acids is 1. The highest BCUT2D eigenvalue weighted by molar-refractivity contribution is 5.69. The molecule has 2 rings (SSSR count). The van der Waals surface area contributed by atoms with E-state index in [1.807, 2.05) is 12.3 Å². The molecule has 5 heteroatoms. The summed E-state index contributed by atoms with van der Waals surface area (Å²) in [6, 6.07) is 4.04. The lowest BCUT2D eigenvalue weighted by molar-refractivity contribution is -0.0463. The number of methoxy groups -OCH3 is 1. The fourth-order valence-corrected chi connectivity index (χ4v) is 2.86. The number of amides is 1. The first kappa shape index (κ1) is 15.9. The summed E-state index contributed by atoms with van der Waals surface area (Å²) in [5, 5.41) is 0. The average Bonchev–Trinajstić information content (AvgIpc) is 3.02. The van der Waals surface area contributed by atoms with Crippen molar-refractivity contribution in [2.24, 2.45) is 5.41 Å². The molecule has 0 saturated carbocycles. The van der Waals surface area contributed by atoms with E-state index >= 15 is 0 Å². The zero-order chi connectivity index (χ0) is 15.7. The highest BCUT2D eigenvalue weighted by Crippen LogP contribution is 2.39. The predicted molar refractivity (Wildman–Crippen MR) is 81.0 cm³/mol. The maximum Gasteiger partial charge on any atom is 0.412 e. The van der Waals surface area contributed by atoms with E-state index in [4.69, 9.17) is 9.47 Å². The van der Waals surface area contributed by atoms with Crippen LogP contribution in [-0.4, -0.2) is 41.5 Å². The summed E-state index contributed by atoms with van der Waals surface area (Å²) >= 11 is 0. The van der Waals surface area contributed by atoms with Crippen molar-refractivity contribution in [1.82, 2.24) is 9.88 Å². The Labute approximate surface area is 126 Å². The van der Waals surface area contributed by atoms with Gasteiger partial charge >= 0.3 is 6.09 Å². The number of nitrogens with zero attached hydrogens (tertiary/aromatic N) is 1. The van der Waals surface area contributed by atoms with Gasteiger partial charge in [0.1, 0.15) is 6.23 Å². The third kappa shape index (κ3) is 3.23. The molecule has 1 saturated heterocycles. The van der Waals surface area contributed by atoms with Gasteiger partial charge in [0.15, 0.2) is 0 Å². The van der Waals surface area contributed by atoms with E-state index in [1.165, 1.54) is 12.8 Å². The minimum absolute atomic E-state index is 0.154. The molecular formula is C16H26N2O3. The zero-order valence-corrected chi connectivity index (χ0v) is 13.6. The first-order chi connectivity index (χ1) is 9.78. The fourth-order valence-electron chi connectivity index (χ4n) is 2.86. The van der Waals surface area contributed by atoms with E-state index in [9.17, 15) is 4.79 Å². The van der Waals surface area contributed by atoms with Crippen LogP contribution in [0.15, 0.2) is 18.3 Å². The molecule has 5 nitrogen and oxygen atoms in total. The van der Waals surface area contributed by atoms with Crippen LogP contribution >= 0.6 is 0 Å². The summed E-state index contributed by atoms with van der Waals surface area (Å²) in [5.41, 5.74) is 0.661. The largest absolute Gasteiger partial charge is 0.453 e. The van der Waals surface area contributed by atoms with Gasteiger partial charge in [0.05, 0.1) is 19.3 Å². The van der Waals surface area contributed by atoms with E-state index < -0.39 is 0 Å². The normalized spacial score (nSPS) is 26.1. The van der Waals surface area contributed by atoms with Crippen molar-refractivity contribution in [1.29, 1.82) is 0 Å². The molecule has 2 atom stereocenters. The van der Waals surface area contributed by atoms with E-state index in [-0.39, 0.29) is 23.3 Å². The van der Waals surface area contributed by atoms with Crippen LogP contribution in [0.1, 0.15) is 39.8 Å². The molecule has 0 aliphatic carbocycles. The molecule has 0 aromatic carbocycles. The van der Waals surface area contributed by atoms with Crippen LogP contribution in [0.3, 0.4) is 0 Å². The van der Waals surface area contributed by atoms with E-state index in [0.29, 0.717) is 6.61 Å². The molecule has 1 amide bonds. The number of carbonyl (C=O) groups is 1. The Morgan fingerprint density at radius 1 is 1.57 bits per heavy atom. The van der Waals surface area contributed by atoms with E-state index in [1.54, 1.807) is 4.90 Å². The number of nitrogens with one attached hydrogen (secondary N) is 1. The molecule has 118 valence electrons. The third-order valence-corrected chi connectivity index (χ3v) is 4.08. The van der Waals surface area contributed by atoms with E-state index in [0.717, 1.165) is 12.8 Å². The van der Waals surface area contributed by atoms with Crippen molar-refractivity contribution in [2.75, 3.05) is 13.7 Å². The van der Waals surface area contributed by atoms with Crippen LogP contribution in [0.4, 0.5) is 4.79 Å². The van der Waals surface area contributed by atoms with Crippen molar-refractivity contribution >= 4 is 6.09 Å². The molecule has 1 aromatic heterocycles. The second-order valence-corrected chi connectivity index (χ2v) is 7.06. The second kappa shape index (κ2) is 5.72. The van der Waals surface area contributed by atoms with Crippen molar-refractivity contribution < 1.29 is 14.3 Å². The molecule has 1 N–H and O–H groups in total. The zero-order valence-electron chi connectivity index (χ0n) is 13.6. The first-order valence-electron chi connectivity index (χ1n) is 7.39. The Bertz CT molecular complexity index is 478. The molecule has 0 spiro atoms. The van der Waals surface area contributed by atoms with Crippen LogP contribution in [0.25, 0.3) is 0 Å². The van der Waals surface area contributed by atoms with Crippen molar-refractivity contribution in [3.8, 4) is 0 Å². The smallest absolute Gasteiger partial charge is 0.412 e. The summed E-state index contributed by atoms with van der Waals surface area (Å²) in [6.07, 6.45) is 3.03. The molecule has 0 bridgehead atoms. The van der Waals surface area contributed by atoms with Gasteiger partial charge in [0.25, 0.3) is 0 Å². The van der Waals surface area contributed by atoms with Gasteiger partial charge in [-0.1, -0.05) is 20.8 Å². The highest BCUT2D eigenvalue weighted by Gasteiger charge is 2.51. The summed E-state index contributed by atoms with van der Waals surface area (Å²) in [4.78, 5) is 17.2. The van der Waals surface area contributed by atoms with Gasteiger partial charge in [-0.05, 0) is 31.9 Å². The Morgan fingerprint density at radius 2 is 2.29 bits per heavy atom. The van der Waals surface area contributed by atoms with Gasteiger partial charge in [-0.25, -0.2) is 4.79 Å². The standard InChI is InChI=1S/C16H26N2O3/c1-15(2,3)13-18(14(19)20-5)16(4,11-21-13)9-8-12-7-6-10-17-12/h6-7,10,13,17H,8-9,11H2,1-5H3/t13-,16-/m1/s1. The molecule has 1 aliphatic rings. The van der Waals surface area contributed by atoms with Crippen LogP contribution < -0.4 is 0 Å². The Balaban J connectivity index is 2.18. The fraction of sp³-hybridized carbons (Fsp3) is 0.688. The lowest BCUT2D eigenvalue weighted by atomic mass is 9.89. The molecule has 0 unspecified atom stereocenters. The Kier molecular flexibility index (Phi) is 4.33. The number of aromatic nitrogens is 1. The summed E-state index contributed by atoms with van der Waals surface area (Å²) in [5.74, 6) is 0. The maximum absolute atomic E-state index is 12.3. The van der Waals surface area contributed by atoms with Gasteiger partial charge < -0.3 is 14.5 Å². The lowest BCUT2D eigenvalue weighted by Crippen LogP contribution is -2.53. The van der Waals surface area contributed by atoms with E-state index in [2.05, 4.69) is 38.7 Å². The van der Waals surface area contributed by atoms with Crippen molar-refractivity contribution in [3.05, 3.63) is 24.0 Å². The third-order valence-electron chi connectivity index (χ3n) is 4.08. The van der Waals surface area contributed by atoms with Gasteiger partial charge in [-0.2, -0.15) is 0 Å². The maximum atomic E-state index is 12.3. The minimum atomic E-state index is -0.351. The summed E-state index contributed by atoms with van der Waals surface area (Å²) in [7, 11) is 1.42. The monoisotopic (exact) mass is 294 g/mol. The number of hydrogen-bond donors (Lipinski definition) is 1. The number of hydrogen-bond acceptors (Lipinski definition) is 3. The minimum Gasteiger partial charge on any atom is -0.453 e. The molecule has 1 aromatic rings. The lowest BCUT2D eigenvalue weighted by Gasteiger charge is -2.39. The number of aromatic amines is 1. The SMILES string of the molecule is COC(=O)N1[C@@H](C(C)(C)C)OC[C@@]1(C)CCc1ccc[nH]1. The van der Waals surface area contributed by atoms with Crippen molar-refractivity contribution in [2.45, 2.75) is 52.3 Å². The molecule has 1 aliphatic heterocycles. The number of ether oxygens (including phenoxy) is 2. The topological polar surface area (TPSA) is 54.6 Å². The molecular weight excluding hydrogens is 268 g/mol. The van der Waals surface area contributed by atoms with Crippen LogP contribution in [0.2, 0.25) is 0 Å². The molecule has 21 heavy (non-hydrogen) atoms. The summed E-state index contributed by atoms with van der Waals surface area (Å²) in [6.45, 7) is 8.82. The molecule has 0 radical (unpaired) electrons. The molecule has 1 fully saturated rings. The second-order valence-electron chi connectivity index (χ2n) is 7.06. The van der Waals surface area contributed by atoms with Crippen molar-refractivity contribution in [3.63, 3.8) is 0 Å². The highest BCUT2D eigenvalue weighted by atomic mass is 16.6. The summed E-state index contributed by atoms with van der Waals surface area (Å²) < 4.78 is 10.9. The van der Waals surface area contributed by atoms with Gasteiger partial charge in [-0.15, -0.1) is 0 Å². The van der Waals surface area contributed by atoms with Crippen LogP contribution in [0, 0.1) is 5.41 Å². The number of aryl methyl sites for hydroxylation is 1. The van der Waals surface area contributed by atoms with Crippen LogP contribution in [-0.2, 0) is 15.9 Å². The number of H-pyrrole nitrogens is 1. The first-order valence-corrected chi connectivity index (χ1v) is 7.39. The Morgan fingerprint density at radius 3 is 2.81 bits per heavy atom. The quantitative estimate of drug-likeness (QED) is 0.931. The van der Waals surface area contributed by atoms with Gasteiger partial charge in [0, 0.05) is 17.3 Å². The Hall–Kier alpha value is -1.49. The predicted octanol–water partition coefficient (Wildman–Crippen LogP) is 3.18. The molecule has 2 heterocycles.